The number of amides is 1. The number of aryl methyl sites for hydroxylation is 1. The fourth-order valence-electron chi connectivity index (χ4n) is 10.1. The summed E-state index contributed by atoms with van der Waals surface area (Å²) < 4.78 is 14.4. The Bertz CT molecular complexity index is 1510. The highest BCUT2D eigenvalue weighted by atomic mass is 79.9. The predicted octanol–water partition coefficient (Wildman–Crippen LogP) is 8.72. The van der Waals surface area contributed by atoms with E-state index in [9.17, 15) is 4.79 Å². The van der Waals surface area contributed by atoms with Crippen LogP contribution in [-0.4, -0.2) is 35.1 Å². The van der Waals surface area contributed by atoms with Gasteiger partial charge in [0.25, 0.3) is 5.91 Å². The third-order valence-corrected chi connectivity index (χ3v) is 12.7. The first-order valence-electron chi connectivity index (χ1n) is 16.5. The average Bonchev–Trinajstić information content (AvgIpc) is 3.57. The van der Waals surface area contributed by atoms with Crippen LogP contribution in [-0.2, 0) is 17.8 Å². The molecular weight excluding hydrogens is 598 g/mol. The summed E-state index contributed by atoms with van der Waals surface area (Å²) in [5, 5.41) is 0. The van der Waals surface area contributed by atoms with E-state index in [2.05, 4.69) is 70.2 Å². The van der Waals surface area contributed by atoms with Crippen molar-refractivity contribution in [3.05, 3.63) is 99.5 Å². The van der Waals surface area contributed by atoms with E-state index in [0.29, 0.717) is 24.4 Å². The molecule has 0 aromatic heterocycles. The van der Waals surface area contributed by atoms with Crippen LogP contribution in [0.3, 0.4) is 0 Å². The molecule has 4 nitrogen and oxygen atoms in total. The van der Waals surface area contributed by atoms with Gasteiger partial charge in [-0.05, 0) is 134 Å². The first-order chi connectivity index (χ1) is 20.9. The summed E-state index contributed by atoms with van der Waals surface area (Å²) in [4.78, 5) is 15.9. The van der Waals surface area contributed by atoms with Gasteiger partial charge in [0.2, 0.25) is 0 Å². The van der Waals surface area contributed by atoms with E-state index in [-0.39, 0.29) is 29.1 Å². The lowest BCUT2D eigenvalue weighted by Crippen LogP contribution is -2.51. The standard InChI is InChI=1S/C38H42BrNO3/c1-37-19-17-31-30-16-14-29(42-24-25-6-3-2-4-7-25)22-27(30)11-15-32(31)33(37)18-20-38(37)23-34-35(43-38)8-5-21-40(34)36(41)26-9-12-28(39)13-10-26/h2-4,6-7,9-10,12-14,16,22,31-35H,5,8,11,15,17-21,23-24H2,1H3/t31-,32-,33+,34+,35+,37+,38-/m1/s1. The van der Waals surface area contributed by atoms with Crippen LogP contribution in [0.25, 0.3) is 0 Å². The Morgan fingerprint density at radius 1 is 1.00 bits per heavy atom. The van der Waals surface area contributed by atoms with E-state index in [1.807, 2.05) is 30.3 Å². The minimum atomic E-state index is -0.101. The second kappa shape index (κ2) is 10.8. The lowest BCUT2D eigenvalue weighted by Gasteiger charge is -2.53. The maximum atomic E-state index is 13.7. The molecule has 1 amide bonds. The average molecular weight is 641 g/mol. The molecule has 2 saturated carbocycles. The molecule has 0 N–H and O–H groups in total. The number of nitrogens with zero attached hydrogens (tertiary/aromatic N) is 1. The number of ether oxygens (including phenoxy) is 2. The van der Waals surface area contributed by atoms with Gasteiger partial charge in [0.1, 0.15) is 12.4 Å². The number of carbonyl (C=O) groups excluding carboxylic acids is 1. The van der Waals surface area contributed by atoms with Crippen LogP contribution in [0.5, 0.6) is 5.75 Å². The van der Waals surface area contributed by atoms with Crippen LogP contribution in [0.4, 0.5) is 0 Å². The smallest absolute Gasteiger partial charge is 0.254 e. The lowest BCUT2D eigenvalue weighted by atomic mass is 9.53. The summed E-state index contributed by atoms with van der Waals surface area (Å²) in [5.74, 6) is 3.20. The minimum Gasteiger partial charge on any atom is -0.489 e. The highest BCUT2D eigenvalue weighted by molar-refractivity contribution is 9.10. The molecule has 43 heavy (non-hydrogen) atoms. The van der Waals surface area contributed by atoms with Crippen molar-refractivity contribution in [2.24, 2.45) is 17.3 Å². The highest BCUT2D eigenvalue weighted by Gasteiger charge is 2.67. The SMILES string of the molecule is C[C@]12CC[C@@H]3c4ccc(OCc5ccccc5)cc4CC[C@H]3[C@@H]1CC[C@@]21C[C@H]2[C@H](CCCN2C(=O)c2ccc(Br)cc2)O1. The van der Waals surface area contributed by atoms with Crippen molar-refractivity contribution in [3.8, 4) is 5.75 Å². The number of fused-ring (bicyclic) bond motifs is 7. The maximum Gasteiger partial charge on any atom is 0.254 e. The lowest BCUT2D eigenvalue weighted by molar-refractivity contribution is -0.140. The third kappa shape index (κ3) is 4.60. The molecule has 2 heterocycles. The van der Waals surface area contributed by atoms with Gasteiger partial charge < -0.3 is 14.4 Å². The number of hydrogen-bond acceptors (Lipinski definition) is 3. The molecule has 5 heteroatoms. The van der Waals surface area contributed by atoms with Crippen molar-refractivity contribution in [2.75, 3.05) is 6.54 Å². The zero-order chi connectivity index (χ0) is 29.2. The summed E-state index contributed by atoms with van der Waals surface area (Å²) >= 11 is 3.51. The number of piperidine rings is 1. The first-order valence-corrected chi connectivity index (χ1v) is 17.3. The van der Waals surface area contributed by atoms with Gasteiger partial charge in [-0.1, -0.05) is 59.3 Å². The van der Waals surface area contributed by atoms with Crippen molar-refractivity contribution in [2.45, 2.75) is 95.0 Å². The molecule has 1 spiro atoms. The van der Waals surface area contributed by atoms with Crippen LogP contribution in [0.15, 0.2) is 77.3 Å². The fraction of sp³-hybridized carbons (Fsp3) is 0.500. The molecule has 0 unspecified atom stereocenters. The van der Waals surface area contributed by atoms with Gasteiger partial charge in [-0.25, -0.2) is 0 Å². The van der Waals surface area contributed by atoms with Gasteiger partial charge in [0.05, 0.1) is 17.7 Å². The Morgan fingerprint density at radius 2 is 1.84 bits per heavy atom. The van der Waals surface area contributed by atoms with E-state index < -0.39 is 0 Å². The molecule has 3 aromatic carbocycles. The Balaban J connectivity index is 0.999. The monoisotopic (exact) mass is 639 g/mol. The van der Waals surface area contributed by atoms with Gasteiger partial charge >= 0.3 is 0 Å². The van der Waals surface area contributed by atoms with Gasteiger partial charge in [-0.15, -0.1) is 0 Å². The van der Waals surface area contributed by atoms with Crippen LogP contribution in [0, 0.1) is 17.3 Å². The zero-order valence-electron chi connectivity index (χ0n) is 25.1. The molecule has 2 saturated heterocycles. The highest BCUT2D eigenvalue weighted by Crippen LogP contribution is 2.68. The van der Waals surface area contributed by atoms with Crippen molar-refractivity contribution in [1.29, 1.82) is 0 Å². The van der Waals surface area contributed by atoms with Crippen LogP contribution < -0.4 is 4.74 Å². The van der Waals surface area contributed by atoms with Crippen molar-refractivity contribution in [1.82, 2.24) is 4.90 Å². The number of hydrogen-bond donors (Lipinski definition) is 0. The second-order valence-corrected chi connectivity index (χ2v) is 15.0. The summed E-state index contributed by atoms with van der Waals surface area (Å²) in [7, 11) is 0. The van der Waals surface area contributed by atoms with E-state index >= 15 is 0 Å². The molecule has 0 radical (unpaired) electrons. The van der Waals surface area contributed by atoms with E-state index in [1.54, 1.807) is 5.56 Å². The summed E-state index contributed by atoms with van der Waals surface area (Å²) in [5.41, 5.74) is 5.13. The Labute approximate surface area is 264 Å². The Morgan fingerprint density at radius 3 is 2.67 bits per heavy atom. The van der Waals surface area contributed by atoms with Crippen molar-refractivity contribution in [3.63, 3.8) is 0 Å². The molecule has 0 bridgehead atoms. The second-order valence-electron chi connectivity index (χ2n) is 14.1. The molecule has 5 aliphatic rings. The Kier molecular flexibility index (Phi) is 6.98. The topological polar surface area (TPSA) is 38.8 Å². The van der Waals surface area contributed by atoms with Crippen LogP contribution in [0.2, 0.25) is 0 Å². The van der Waals surface area contributed by atoms with E-state index in [4.69, 9.17) is 9.47 Å². The quantitative estimate of drug-likeness (QED) is 0.286. The molecule has 2 aliphatic heterocycles. The fourth-order valence-corrected chi connectivity index (χ4v) is 10.4. The number of benzene rings is 3. The van der Waals surface area contributed by atoms with Gasteiger partial charge in [-0.3, -0.25) is 4.79 Å². The molecule has 4 fully saturated rings. The minimum absolute atomic E-state index is 0.101. The summed E-state index contributed by atoms with van der Waals surface area (Å²) in [6, 6.07) is 25.4. The maximum absolute atomic E-state index is 13.7. The van der Waals surface area contributed by atoms with Crippen LogP contribution in [0.1, 0.15) is 91.3 Å². The van der Waals surface area contributed by atoms with E-state index in [0.717, 1.165) is 54.4 Å². The third-order valence-electron chi connectivity index (χ3n) is 12.2. The van der Waals surface area contributed by atoms with Gasteiger partial charge in [-0.2, -0.15) is 0 Å². The summed E-state index contributed by atoms with van der Waals surface area (Å²) in [6.45, 7) is 4.02. The molecule has 7 atom stereocenters. The predicted molar refractivity (Wildman–Crippen MR) is 172 cm³/mol. The van der Waals surface area contributed by atoms with E-state index in [1.165, 1.54) is 36.8 Å². The van der Waals surface area contributed by atoms with Crippen molar-refractivity contribution >= 4 is 21.8 Å². The number of rotatable bonds is 4. The molecular formula is C38H42BrNO3. The molecule has 3 aromatic rings. The van der Waals surface area contributed by atoms with Gasteiger partial charge in [0, 0.05) is 16.6 Å². The largest absolute Gasteiger partial charge is 0.489 e. The first kappa shape index (κ1) is 27.9. The van der Waals surface area contributed by atoms with Crippen molar-refractivity contribution < 1.29 is 14.3 Å². The number of halogens is 1. The Hall–Kier alpha value is -2.63. The molecule has 224 valence electrons. The van der Waals surface area contributed by atoms with Crippen LogP contribution >= 0.6 is 15.9 Å². The number of likely N-dealkylation sites (tertiary alicyclic amines) is 1. The molecule has 3 aliphatic carbocycles. The summed E-state index contributed by atoms with van der Waals surface area (Å²) in [6.07, 6.45) is 10.5. The zero-order valence-corrected chi connectivity index (χ0v) is 26.7. The molecule has 8 rings (SSSR count). The normalized spacial score (nSPS) is 34.3. The van der Waals surface area contributed by atoms with Gasteiger partial charge in [0.15, 0.2) is 0 Å². The number of carbonyl (C=O) groups is 1.